The van der Waals surface area contributed by atoms with Crippen LogP contribution >= 0.6 is 0 Å². The Labute approximate surface area is 180 Å². The Morgan fingerprint density at radius 3 is 2.61 bits per heavy atom. The van der Waals surface area contributed by atoms with Gasteiger partial charge in [-0.15, -0.1) is 4.40 Å². The molecule has 2 aliphatic rings. The zero-order valence-corrected chi connectivity index (χ0v) is 18.4. The Kier molecular flexibility index (Phi) is 6.07. The number of fused-ring (bicyclic) bond motifs is 1. The molecule has 0 aromatic heterocycles. The number of nitrogens with zero attached hydrogens (tertiary/aromatic N) is 2. The summed E-state index contributed by atoms with van der Waals surface area (Å²) in [5.41, 5.74) is 0.0875. The first-order chi connectivity index (χ1) is 14.5. The lowest BCUT2D eigenvalue weighted by molar-refractivity contribution is -0.112. The second kappa shape index (κ2) is 8.42. The van der Waals surface area contributed by atoms with Gasteiger partial charge in [0.1, 0.15) is 11.4 Å². The third-order valence-corrected chi connectivity index (χ3v) is 5.34. The summed E-state index contributed by atoms with van der Waals surface area (Å²) in [6, 6.07) is 4.68. The molecule has 11 heteroatoms. The van der Waals surface area contributed by atoms with Crippen LogP contribution in [0.25, 0.3) is 0 Å². The van der Waals surface area contributed by atoms with Crippen molar-refractivity contribution in [1.82, 2.24) is 4.90 Å². The Morgan fingerprint density at radius 1 is 1.19 bits per heavy atom. The van der Waals surface area contributed by atoms with Crippen LogP contribution in [0, 0.1) is 0 Å². The predicted octanol–water partition coefficient (Wildman–Crippen LogP) is 2.48. The van der Waals surface area contributed by atoms with E-state index in [1.54, 1.807) is 50.1 Å². The number of allylic oxidation sites excluding steroid dienone is 2. The van der Waals surface area contributed by atoms with Gasteiger partial charge in [-0.25, -0.2) is 13.2 Å². The van der Waals surface area contributed by atoms with Crippen molar-refractivity contribution in [3.63, 3.8) is 0 Å². The number of sulfonamides is 1. The fourth-order valence-electron chi connectivity index (χ4n) is 2.89. The lowest BCUT2D eigenvalue weighted by Gasteiger charge is -2.28. The summed E-state index contributed by atoms with van der Waals surface area (Å²) in [6.07, 6.45) is 4.14. The highest BCUT2D eigenvalue weighted by molar-refractivity contribution is 7.90. The SMILES string of the molecule is COc1ccc(NC(=O)C2=CC=CN3CCS(=O)(=O)N=C23)cc1NC(=O)OC(C)(C)C. The van der Waals surface area contributed by atoms with E-state index in [1.807, 2.05) is 0 Å². The van der Waals surface area contributed by atoms with Crippen molar-refractivity contribution >= 4 is 39.2 Å². The summed E-state index contributed by atoms with van der Waals surface area (Å²) in [5, 5.41) is 5.29. The number of hydrogen-bond acceptors (Lipinski definition) is 7. The third kappa shape index (κ3) is 5.63. The van der Waals surface area contributed by atoms with Gasteiger partial charge < -0.3 is 19.7 Å². The van der Waals surface area contributed by atoms with Crippen molar-refractivity contribution in [3.05, 3.63) is 42.1 Å². The van der Waals surface area contributed by atoms with E-state index < -0.39 is 27.6 Å². The van der Waals surface area contributed by atoms with Gasteiger partial charge >= 0.3 is 6.09 Å². The van der Waals surface area contributed by atoms with Gasteiger partial charge in [0.15, 0.2) is 5.84 Å². The summed E-state index contributed by atoms with van der Waals surface area (Å²) in [6.45, 7) is 5.44. The average Bonchev–Trinajstić information content (AvgIpc) is 2.65. The number of ether oxygens (including phenoxy) is 2. The second-order valence-corrected chi connectivity index (χ2v) is 9.57. The Bertz CT molecular complexity index is 1100. The molecule has 3 rings (SSSR count). The van der Waals surface area contributed by atoms with Crippen LogP contribution in [0.3, 0.4) is 0 Å². The van der Waals surface area contributed by atoms with Gasteiger partial charge in [-0.05, 0) is 51.1 Å². The zero-order chi connectivity index (χ0) is 22.8. The van der Waals surface area contributed by atoms with Crippen LogP contribution in [-0.4, -0.2) is 56.2 Å². The minimum Gasteiger partial charge on any atom is -0.495 e. The van der Waals surface area contributed by atoms with Crippen molar-refractivity contribution in [2.45, 2.75) is 26.4 Å². The number of benzene rings is 1. The third-order valence-electron chi connectivity index (χ3n) is 4.20. The number of amidine groups is 1. The molecule has 2 amide bonds. The van der Waals surface area contributed by atoms with Crippen LogP contribution in [0.2, 0.25) is 0 Å². The molecule has 31 heavy (non-hydrogen) atoms. The molecule has 2 aliphatic heterocycles. The summed E-state index contributed by atoms with van der Waals surface area (Å²) in [5.74, 6) is -0.212. The van der Waals surface area contributed by atoms with E-state index in [1.165, 1.54) is 19.3 Å². The van der Waals surface area contributed by atoms with Crippen molar-refractivity contribution in [2.24, 2.45) is 4.40 Å². The maximum atomic E-state index is 12.9. The van der Waals surface area contributed by atoms with Crippen LogP contribution < -0.4 is 15.4 Å². The highest BCUT2D eigenvalue weighted by Gasteiger charge is 2.30. The number of hydrogen-bond donors (Lipinski definition) is 2. The molecule has 0 saturated heterocycles. The molecule has 0 fully saturated rings. The molecule has 0 saturated carbocycles. The summed E-state index contributed by atoms with van der Waals surface area (Å²) < 4.78 is 38.0. The standard InChI is InChI=1S/C20H24N4O6S/c1-20(2,3)30-19(26)22-15-12-13(7-8-16(15)29-4)21-18(25)14-6-5-9-24-10-11-31(27,28)23-17(14)24/h5-9,12H,10-11H2,1-4H3,(H,21,25)(H,22,26). The number of carbonyl (C=O) groups is 2. The molecule has 0 bridgehead atoms. The van der Waals surface area contributed by atoms with Crippen molar-refractivity contribution < 1.29 is 27.5 Å². The molecule has 10 nitrogen and oxygen atoms in total. The van der Waals surface area contributed by atoms with Gasteiger partial charge in [-0.2, -0.15) is 0 Å². The monoisotopic (exact) mass is 448 g/mol. The molecule has 1 aromatic rings. The normalized spacial score (nSPS) is 17.1. The molecule has 166 valence electrons. The fraction of sp³-hybridized carbons (Fsp3) is 0.350. The van der Waals surface area contributed by atoms with Gasteiger partial charge in [0.05, 0.1) is 24.1 Å². The summed E-state index contributed by atoms with van der Waals surface area (Å²) in [7, 11) is -2.18. The molecular formula is C20H24N4O6S. The Hall–Kier alpha value is -3.34. The molecule has 0 spiro atoms. The number of rotatable bonds is 4. The molecule has 0 radical (unpaired) electrons. The van der Waals surface area contributed by atoms with E-state index in [0.29, 0.717) is 17.1 Å². The molecule has 0 atom stereocenters. The quantitative estimate of drug-likeness (QED) is 0.724. The fourth-order valence-corrected chi connectivity index (χ4v) is 3.87. The lowest BCUT2D eigenvalue weighted by atomic mass is 10.1. The molecular weight excluding hydrogens is 424 g/mol. The van der Waals surface area contributed by atoms with Crippen LogP contribution in [0.4, 0.5) is 16.2 Å². The highest BCUT2D eigenvalue weighted by Crippen LogP contribution is 2.29. The largest absolute Gasteiger partial charge is 0.495 e. The van der Waals surface area contributed by atoms with Crippen molar-refractivity contribution in [3.8, 4) is 5.75 Å². The van der Waals surface area contributed by atoms with Crippen molar-refractivity contribution in [2.75, 3.05) is 30.0 Å². The molecule has 2 heterocycles. The first-order valence-electron chi connectivity index (χ1n) is 9.45. The van der Waals surface area contributed by atoms with Gasteiger partial charge in [0.25, 0.3) is 15.9 Å². The van der Waals surface area contributed by atoms with E-state index >= 15 is 0 Å². The van der Waals surface area contributed by atoms with Gasteiger partial charge in [0, 0.05) is 18.4 Å². The maximum Gasteiger partial charge on any atom is 0.412 e. The van der Waals surface area contributed by atoms with Crippen molar-refractivity contribution in [1.29, 1.82) is 0 Å². The molecule has 1 aromatic carbocycles. The summed E-state index contributed by atoms with van der Waals surface area (Å²) in [4.78, 5) is 26.6. The number of carbonyl (C=O) groups excluding carboxylic acids is 2. The van der Waals surface area contributed by atoms with Crippen LogP contribution in [0.1, 0.15) is 20.8 Å². The van der Waals surface area contributed by atoms with Crippen LogP contribution in [-0.2, 0) is 19.6 Å². The highest BCUT2D eigenvalue weighted by atomic mass is 32.2. The minimum absolute atomic E-state index is 0.0758. The van der Waals surface area contributed by atoms with E-state index in [4.69, 9.17) is 9.47 Å². The van der Waals surface area contributed by atoms with E-state index in [2.05, 4.69) is 15.0 Å². The minimum atomic E-state index is -3.62. The van der Waals surface area contributed by atoms with Crippen LogP contribution in [0.15, 0.2) is 46.5 Å². The number of methoxy groups -OCH3 is 1. The number of nitrogens with one attached hydrogen (secondary N) is 2. The van der Waals surface area contributed by atoms with E-state index in [-0.39, 0.29) is 23.7 Å². The van der Waals surface area contributed by atoms with E-state index in [9.17, 15) is 18.0 Å². The average molecular weight is 449 g/mol. The maximum absolute atomic E-state index is 12.9. The second-order valence-electron chi connectivity index (χ2n) is 7.81. The molecule has 2 N–H and O–H groups in total. The number of anilines is 2. The van der Waals surface area contributed by atoms with Gasteiger partial charge in [0.2, 0.25) is 0 Å². The summed E-state index contributed by atoms with van der Waals surface area (Å²) >= 11 is 0. The Morgan fingerprint density at radius 2 is 1.94 bits per heavy atom. The first kappa shape index (κ1) is 22.3. The zero-order valence-electron chi connectivity index (χ0n) is 17.6. The van der Waals surface area contributed by atoms with Gasteiger partial charge in [-0.3, -0.25) is 10.1 Å². The molecule has 0 unspecified atom stereocenters. The van der Waals surface area contributed by atoms with Crippen LogP contribution in [0.5, 0.6) is 5.75 Å². The smallest absolute Gasteiger partial charge is 0.412 e. The topological polar surface area (TPSA) is 126 Å². The lowest BCUT2D eigenvalue weighted by Crippen LogP contribution is -2.40. The number of amides is 2. The van der Waals surface area contributed by atoms with Gasteiger partial charge in [-0.1, -0.05) is 0 Å². The first-order valence-corrected chi connectivity index (χ1v) is 11.1. The van der Waals surface area contributed by atoms with E-state index in [0.717, 1.165) is 0 Å². The molecule has 0 aliphatic carbocycles. The Balaban J connectivity index is 1.81. The predicted molar refractivity (Wildman–Crippen MR) is 117 cm³/mol.